The SMILES string of the molecule is C1=CC2c3cc(-n4c5ccccc5c5ccccc54)ccc3N(c3cccc(-c4nc(-c5ccccc5)nc(-c5ccccc5)n4)c3)C2C=C1. The van der Waals surface area contributed by atoms with E-state index in [0.717, 1.165) is 22.4 Å². The van der Waals surface area contributed by atoms with E-state index in [9.17, 15) is 0 Å². The van der Waals surface area contributed by atoms with Gasteiger partial charge in [-0.15, -0.1) is 0 Å². The Kier molecular flexibility index (Phi) is 6.56. The van der Waals surface area contributed by atoms with Crippen LogP contribution in [-0.4, -0.2) is 25.6 Å². The van der Waals surface area contributed by atoms with Gasteiger partial charge in [0.25, 0.3) is 0 Å². The Morgan fingerprint density at radius 2 is 1.00 bits per heavy atom. The predicted molar refractivity (Wildman–Crippen MR) is 204 cm³/mol. The summed E-state index contributed by atoms with van der Waals surface area (Å²) in [6.07, 6.45) is 9.01. The van der Waals surface area contributed by atoms with Crippen molar-refractivity contribution in [3.8, 4) is 39.9 Å². The van der Waals surface area contributed by atoms with Crippen LogP contribution in [0.2, 0.25) is 0 Å². The van der Waals surface area contributed by atoms with Gasteiger partial charge < -0.3 is 9.47 Å². The van der Waals surface area contributed by atoms with E-state index in [4.69, 9.17) is 15.0 Å². The highest BCUT2D eigenvalue weighted by molar-refractivity contribution is 6.09. The van der Waals surface area contributed by atoms with Crippen molar-refractivity contribution < 1.29 is 0 Å². The molecule has 5 heteroatoms. The van der Waals surface area contributed by atoms with Gasteiger partial charge in [0, 0.05) is 50.4 Å². The van der Waals surface area contributed by atoms with Crippen molar-refractivity contribution in [2.45, 2.75) is 12.0 Å². The van der Waals surface area contributed by atoms with E-state index in [1.54, 1.807) is 0 Å². The molecule has 1 aliphatic carbocycles. The van der Waals surface area contributed by atoms with Crippen LogP contribution >= 0.6 is 0 Å². The molecular weight excluding hydrogens is 611 g/mol. The maximum atomic E-state index is 5.01. The van der Waals surface area contributed by atoms with Crippen molar-refractivity contribution in [2.24, 2.45) is 0 Å². The lowest BCUT2D eigenvalue weighted by molar-refractivity contribution is 0.744. The van der Waals surface area contributed by atoms with Crippen molar-refractivity contribution >= 4 is 33.2 Å². The number of rotatable bonds is 5. The Hall–Kier alpha value is -6.59. The van der Waals surface area contributed by atoms with E-state index in [0.29, 0.717) is 17.5 Å². The third-order valence-electron chi connectivity index (χ3n) is 9.95. The van der Waals surface area contributed by atoms with Crippen LogP contribution in [0.25, 0.3) is 61.7 Å². The lowest BCUT2D eigenvalue weighted by Gasteiger charge is -2.29. The van der Waals surface area contributed by atoms with Crippen LogP contribution in [0.15, 0.2) is 176 Å². The molecule has 8 aromatic rings. The quantitative estimate of drug-likeness (QED) is 0.188. The van der Waals surface area contributed by atoms with Crippen LogP contribution in [0.4, 0.5) is 11.4 Å². The fourth-order valence-electron chi connectivity index (χ4n) is 7.70. The molecule has 0 amide bonds. The first-order valence-corrected chi connectivity index (χ1v) is 17.0. The molecule has 0 radical (unpaired) electrons. The number of hydrogen-bond acceptors (Lipinski definition) is 4. The highest BCUT2D eigenvalue weighted by atomic mass is 15.2. The van der Waals surface area contributed by atoms with Gasteiger partial charge in [-0.2, -0.15) is 0 Å². The minimum absolute atomic E-state index is 0.150. The molecule has 3 heterocycles. The Morgan fingerprint density at radius 1 is 0.440 bits per heavy atom. The zero-order valence-electron chi connectivity index (χ0n) is 27.1. The molecule has 2 atom stereocenters. The number of anilines is 2. The van der Waals surface area contributed by atoms with Crippen molar-refractivity contribution in [2.75, 3.05) is 4.90 Å². The van der Waals surface area contributed by atoms with E-state index in [2.05, 4.69) is 125 Å². The summed E-state index contributed by atoms with van der Waals surface area (Å²) >= 11 is 0. The molecule has 236 valence electrons. The average Bonchev–Trinajstić information content (AvgIpc) is 3.71. The topological polar surface area (TPSA) is 46.8 Å². The monoisotopic (exact) mass is 641 g/mol. The maximum Gasteiger partial charge on any atom is 0.164 e. The molecule has 0 spiro atoms. The first kappa shape index (κ1) is 28.4. The fraction of sp³-hybridized carbons (Fsp3) is 0.0444. The number of para-hydroxylation sites is 2. The van der Waals surface area contributed by atoms with Gasteiger partial charge in [0.15, 0.2) is 17.5 Å². The molecule has 10 rings (SSSR count). The van der Waals surface area contributed by atoms with E-state index in [-0.39, 0.29) is 12.0 Å². The number of nitrogens with zero attached hydrogens (tertiary/aromatic N) is 5. The summed E-state index contributed by atoms with van der Waals surface area (Å²) in [6, 6.07) is 53.4. The van der Waals surface area contributed by atoms with Gasteiger partial charge >= 0.3 is 0 Å². The van der Waals surface area contributed by atoms with Crippen LogP contribution < -0.4 is 4.90 Å². The average molecular weight is 642 g/mol. The zero-order valence-corrected chi connectivity index (χ0v) is 27.1. The molecule has 0 saturated carbocycles. The van der Waals surface area contributed by atoms with Crippen LogP contribution in [-0.2, 0) is 0 Å². The Morgan fingerprint density at radius 3 is 1.66 bits per heavy atom. The maximum absolute atomic E-state index is 5.01. The molecule has 0 fully saturated rings. The largest absolute Gasteiger partial charge is 0.333 e. The third kappa shape index (κ3) is 4.59. The third-order valence-corrected chi connectivity index (χ3v) is 9.95. The fourth-order valence-corrected chi connectivity index (χ4v) is 7.70. The van der Waals surface area contributed by atoms with Crippen molar-refractivity contribution in [3.63, 3.8) is 0 Å². The first-order chi connectivity index (χ1) is 24.8. The Labute approximate surface area is 290 Å². The molecule has 0 N–H and O–H groups in total. The van der Waals surface area contributed by atoms with E-state index < -0.39 is 0 Å². The lowest BCUT2D eigenvalue weighted by atomic mass is 9.91. The molecule has 5 nitrogen and oxygen atoms in total. The van der Waals surface area contributed by atoms with Gasteiger partial charge in [0.05, 0.1) is 17.1 Å². The zero-order chi connectivity index (χ0) is 33.0. The second-order valence-electron chi connectivity index (χ2n) is 12.9. The molecule has 50 heavy (non-hydrogen) atoms. The predicted octanol–water partition coefficient (Wildman–Crippen LogP) is 10.7. The molecule has 0 bridgehead atoms. The summed E-state index contributed by atoms with van der Waals surface area (Å²) in [5.41, 5.74) is 10.1. The molecule has 2 aromatic heterocycles. The summed E-state index contributed by atoms with van der Waals surface area (Å²) in [6.45, 7) is 0. The number of fused-ring (bicyclic) bond motifs is 6. The summed E-state index contributed by atoms with van der Waals surface area (Å²) in [4.78, 5) is 17.4. The van der Waals surface area contributed by atoms with E-state index >= 15 is 0 Å². The van der Waals surface area contributed by atoms with Crippen LogP contribution in [0.1, 0.15) is 11.5 Å². The molecule has 2 aliphatic rings. The van der Waals surface area contributed by atoms with Crippen LogP contribution in [0, 0.1) is 0 Å². The Bertz CT molecular complexity index is 2510. The highest BCUT2D eigenvalue weighted by Crippen LogP contribution is 2.49. The molecular formula is C45H31N5. The molecule has 2 unspecified atom stereocenters. The second-order valence-corrected chi connectivity index (χ2v) is 12.9. The van der Waals surface area contributed by atoms with Crippen molar-refractivity contribution in [3.05, 3.63) is 182 Å². The van der Waals surface area contributed by atoms with Gasteiger partial charge in [0.2, 0.25) is 0 Å². The summed E-state index contributed by atoms with van der Waals surface area (Å²) in [7, 11) is 0. The second kappa shape index (κ2) is 11.5. The summed E-state index contributed by atoms with van der Waals surface area (Å²) in [5.74, 6) is 2.18. The standard InChI is InChI=1S/C45H31N5/c1-3-14-30(15-4-1)43-46-44(31-16-5-2-6-17-31)48-45(47-43)32-18-13-19-33(28-32)49-41-25-12-9-22-37(41)38-29-34(26-27-42(38)49)50-39-23-10-7-20-35(39)36-21-8-11-24-40(36)50/h1-29,37,41H. The lowest BCUT2D eigenvalue weighted by Crippen LogP contribution is -2.28. The van der Waals surface area contributed by atoms with E-state index in [1.807, 2.05) is 60.7 Å². The number of aromatic nitrogens is 4. The smallest absolute Gasteiger partial charge is 0.164 e. The van der Waals surface area contributed by atoms with Crippen LogP contribution in [0.5, 0.6) is 0 Å². The number of benzene rings is 6. The van der Waals surface area contributed by atoms with Gasteiger partial charge in [0.1, 0.15) is 0 Å². The Balaban J connectivity index is 1.10. The number of hydrogen-bond donors (Lipinski definition) is 0. The normalized spacial score (nSPS) is 16.2. The van der Waals surface area contributed by atoms with Gasteiger partial charge in [-0.25, -0.2) is 15.0 Å². The van der Waals surface area contributed by atoms with Crippen LogP contribution in [0.3, 0.4) is 0 Å². The van der Waals surface area contributed by atoms with Crippen molar-refractivity contribution in [1.29, 1.82) is 0 Å². The van der Waals surface area contributed by atoms with E-state index in [1.165, 1.54) is 38.7 Å². The molecule has 0 saturated heterocycles. The number of allylic oxidation sites excluding steroid dienone is 2. The minimum Gasteiger partial charge on any atom is -0.333 e. The van der Waals surface area contributed by atoms with Gasteiger partial charge in [-0.1, -0.05) is 133 Å². The highest BCUT2D eigenvalue weighted by Gasteiger charge is 2.38. The van der Waals surface area contributed by atoms with Crippen molar-refractivity contribution in [1.82, 2.24) is 19.5 Å². The summed E-state index contributed by atoms with van der Waals surface area (Å²) < 4.78 is 2.40. The first-order valence-electron chi connectivity index (χ1n) is 17.0. The molecule has 1 aliphatic heterocycles. The summed E-state index contributed by atoms with van der Waals surface area (Å²) in [5, 5.41) is 2.54. The van der Waals surface area contributed by atoms with Gasteiger partial charge in [-0.05, 0) is 48.0 Å². The molecule has 6 aromatic carbocycles. The minimum atomic E-state index is 0.150. The van der Waals surface area contributed by atoms with Gasteiger partial charge in [-0.3, -0.25) is 0 Å².